The molecule has 3 aromatic carbocycles. The number of hydrogen-bond donors (Lipinski definition) is 1. The van der Waals surface area contributed by atoms with Crippen LogP contribution in [-0.4, -0.2) is 25.2 Å². The number of rotatable bonds is 7. The second-order valence-electron chi connectivity index (χ2n) is 8.12. The van der Waals surface area contributed by atoms with Gasteiger partial charge in [0.15, 0.2) is 6.10 Å². The Hall–Kier alpha value is -3.01. The Morgan fingerprint density at radius 2 is 1.59 bits per heavy atom. The minimum atomic E-state index is -0.595. The number of hydrogen-bond acceptors (Lipinski definition) is 3. The van der Waals surface area contributed by atoms with E-state index in [2.05, 4.69) is 32.2 Å². The number of fused-ring (bicyclic) bond motifs is 1. The van der Waals surface area contributed by atoms with Gasteiger partial charge in [0, 0.05) is 5.39 Å². The number of carbonyl (C=O) groups excluding carboxylic acids is 1. The zero-order chi connectivity index (χ0) is 20.9. The second-order valence-corrected chi connectivity index (χ2v) is 8.12. The van der Waals surface area contributed by atoms with Crippen molar-refractivity contribution in [3.63, 3.8) is 0 Å². The lowest BCUT2D eigenvalue weighted by molar-refractivity contribution is -0.127. The van der Waals surface area contributed by atoms with Crippen molar-refractivity contribution in [3.05, 3.63) is 72.3 Å². The van der Waals surface area contributed by atoms with Crippen LogP contribution in [0.1, 0.15) is 33.3 Å². The molecule has 152 valence electrons. The summed E-state index contributed by atoms with van der Waals surface area (Å²) in [6.07, 6.45) is -0.595. The smallest absolute Gasteiger partial charge is 0.260 e. The van der Waals surface area contributed by atoms with Crippen molar-refractivity contribution < 1.29 is 14.3 Å². The van der Waals surface area contributed by atoms with Crippen LogP contribution in [0.25, 0.3) is 10.8 Å². The molecule has 0 fully saturated rings. The van der Waals surface area contributed by atoms with Crippen molar-refractivity contribution >= 4 is 16.7 Å². The fourth-order valence-electron chi connectivity index (χ4n) is 3.23. The van der Waals surface area contributed by atoms with E-state index in [1.165, 1.54) is 0 Å². The molecule has 0 bridgehead atoms. The number of amides is 1. The van der Waals surface area contributed by atoms with Gasteiger partial charge >= 0.3 is 0 Å². The summed E-state index contributed by atoms with van der Waals surface area (Å²) in [6.45, 7) is 9.04. The standard InChI is InChI=1S/C25H29NO3/c1-18(29-22-15-9-11-19-10-5-6-12-20(19)22)24(27)26-16-17-28-23-14-8-7-13-21(23)25(2,3)4/h5-15,18H,16-17H2,1-4H3,(H,26,27)/t18-/m1/s1. The van der Waals surface area contributed by atoms with E-state index in [1.54, 1.807) is 6.92 Å². The van der Waals surface area contributed by atoms with E-state index in [1.807, 2.05) is 60.7 Å². The van der Waals surface area contributed by atoms with E-state index in [9.17, 15) is 4.79 Å². The molecule has 0 aliphatic carbocycles. The van der Waals surface area contributed by atoms with E-state index >= 15 is 0 Å². The van der Waals surface area contributed by atoms with E-state index < -0.39 is 6.10 Å². The predicted molar refractivity (Wildman–Crippen MR) is 118 cm³/mol. The molecule has 1 N–H and O–H groups in total. The van der Waals surface area contributed by atoms with Gasteiger partial charge in [-0.2, -0.15) is 0 Å². The quantitative estimate of drug-likeness (QED) is 0.570. The Morgan fingerprint density at radius 1 is 0.931 bits per heavy atom. The highest BCUT2D eigenvalue weighted by Gasteiger charge is 2.19. The van der Waals surface area contributed by atoms with Crippen molar-refractivity contribution in [2.24, 2.45) is 0 Å². The van der Waals surface area contributed by atoms with E-state index in [0.717, 1.165) is 22.1 Å². The van der Waals surface area contributed by atoms with Crippen LogP contribution in [0, 0.1) is 0 Å². The number of ether oxygens (including phenoxy) is 2. The first kappa shape index (κ1) is 20.7. The van der Waals surface area contributed by atoms with Crippen molar-refractivity contribution in [1.82, 2.24) is 5.32 Å². The third-order valence-electron chi connectivity index (χ3n) is 4.78. The molecule has 0 unspecified atom stereocenters. The summed E-state index contributed by atoms with van der Waals surface area (Å²) in [6, 6.07) is 21.8. The summed E-state index contributed by atoms with van der Waals surface area (Å²) < 4.78 is 11.8. The first-order chi connectivity index (χ1) is 13.9. The topological polar surface area (TPSA) is 47.6 Å². The van der Waals surface area contributed by atoms with Gasteiger partial charge in [-0.25, -0.2) is 0 Å². The molecule has 3 rings (SSSR count). The lowest BCUT2D eigenvalue weighted by atomic mass is 9.86. The monoisotopic (exact) mass is 391 g/mol. The van der Waals surface area contributed by atoms with Crippen molar-refractivity contribution in [1.29, 1.82) is 0 Å². The summed E-state index contributed by atoms with van der Waals surface area (Å²) in [4.78, 5) is 12.4. The Morgan fingerprint density at radius 3 is 2.38 bits per heavy atom. The van der Waals surface area contributed by atoms with Crippen molar-refractivity contribution in [3.8, 4) is 11.5 Å². The maximum absolute atomic E-state index is 12.4. The number of para-hydroxylation sites is 1. The molecule has 3 aromatic rings. The van der Waals surface area contributed by atoms with E-state index in [4.69, 9.17) is 9.47 Å². The number of nitrogens with one attached hydrogen (secondary N) is 1. The summed E-state index contributed by atoms with van der Waals surface area (Å²) in [7, 11) is 0. The van der Waals surface area contributed by atoms with Crippen molar-refractivity contribution in [2.75, 3.05) is 13.2 Å². The van der Waals surface area contributed by atoms with Gasteiger partial charge in [0.25, 0.3) is 5.91 Å². The van der Waals surface area contributed by atoms with Gasteiger partial charge in [-0.15, -0.1) is 0 Å². The lowest BCUT2D eigenvalue weighted by Crippen LogP contribution is -2.38. The number of carbonyl (C=O) groups is 1. The molecule has 0 spiro atoms. The molecule has 0 heterocycles. The minimum Gasteiger partial charge on any atom is -0.491 e. The van der Waals surface area contributed by atoms with Crippen LogP contribution in [0.3, 0.4) is 0 Å². The van der Waals surface area contributed by atoms with Crippen LogP contribution in [-0.2, 0) is 10.2 Å². The summed E-state index contributed by atoms with van der Waals surface area (Å²) >= 11 is 0. The van der Waals surface area contributed by atoms with Crippen molar-refractivity contribution in [2.45, 2.75) is 39.2 Å². The average molecular weight is 392 g/mol. The molecule has 0 aliphatic rings. The normalized spacial score (nSPS) is 12.4. The van der Waals surface area contributed by atoms with Crippen LogP contribution in [0.2, 0.25) is 0 Å². The largest absolute Gasteiger partial charge is 0.491 e. The Labute approximate surface area is 172 Å². The lowest BCUT2D eigenvalue weighted by Gasteiger charge is -2.22. The van der Waals surface area contributed by atoms with Crippen LogP contribution in [0.5, 0.6) is 11.5 Å². The zero-order valence-electron chi connectivity index (χ0n) is 17.6. The van der Waals surface area contributed by atoms with Crippen LogP contribution >= 0.6 is 0 Å². The fraction of sp³-hybridized carbons (Fsp3) is 0.320. The van der Waals surface area contributed by atoms with Crippen LogP contribution < -0.4 is 14.8 Å². The molecule has 29 heavy (non-hydrogen) atoms. The Balaban J connectivity index is 1.52. The molecule has 0 aromatic heterocycles. The van der Waals surface area contributed by atoms with E-state index in [-0.39, 0.29) is 11.3 Å². The third-order valence-corrected chi connectivity index (χ3v) is 4.78. The molecule has 0 radical (unpaired) electrons. The molecule has 1 amide bonds. The van der Waals surface area contributed by atoms with Gasteiger partial charge in [0.1, 0.15) is 18.1 Å². The summed E-state index contributed by atoms with van der Waals surface area (Å²) in [5.74, 6) is 1.40. The molecular weight excluding hydrogens is 362 g/mol. The van der Waals surface area contributed by atoms with Gasteiger partial charge in [-0.3, -0.25) is 4.79 Å². The Bertz CT molecular complexity index is 970. The highest BCUT2D eigenvalue weighted by atomic mass is 16.5. The zero-order valence-corrected chi connectivity index (χ0v) is 17.6. The fourth-order valence-corrected chi connectivity index (χ4v) is 3.23. The van der Waals surface area contributed by atoms with Gasteiger partial charge in [-0.1, -0.05) is 75.4 Å². The van der Waals surface area contributed by atoms with Gasteiger partial charge < -0.3 is 14.8 Å². The molecular formula is C25H29NO3. The first-order valence-corrected chi connectivity index (χ1v) is 10.0. The summed E-state index contributed by atoms with van der Waals surface area (Å²) in [5, 5.41) is 4.97. The molecule has 0 saturated carbocycles. The third kappa shape index (κ3) is 5.29. The molecule has 1 atom stereocenters. The number of benzene rings is 3. The predicted octanol–water partition coefficient (Wildman–Crippen LogP) is 5.10. The highest BCUT2D eigenvalue weighted by Crippen LogP contribution is 2.30. The summed E-state index contributed by atoms with van der Waals surface area (Å²) in [5.41, 5.74) is 1.15. The molecule has 0 saturated heterocycles. The average Bonchev–Trinajstić information content (AvgIpc) is 2.71. The maximum atomic E-state index is 12.4. The molecule has 4 nitrogen and oxygen atoms in total. The second kappa shape index (κ2) is 8.99. The highest BCUT2D eigenvalue weighted by molar-refractivity contribution is 5.89. The Kier molecular flexibility index (Phi) is 6.42. The first-order valence-electron chi connectivity index (χ1n) is 10.0. The molecule has 0 aliphatic heterocycles. The SMILES string of the molecule is C[C@@H](Oc1cccc2ccccc12)C(=O)NCCOc1ccccc1C(C)(C)C. The van der Waals surface area contributed by atoms with Gasteiger partial charge in [-0.05, 0) is 35.4 Å². The van der Waals surface area contributed by atoms with Crippen LogP contribution in [0.4, 0.5) is 0 Å². The molecule has 4 heteroatoms. The van der Waals surface area contributed by atoms with Crippen LogP contribution in [0.15, 0.2) is 66.7 Å². The van der Waals surface area contributed by atoms with Gasteiger partial charge in [0.2, 0.25) is 0 Å². The maximum Gasteiger partial charge on any atom is 0.260 e. The van der Waals surface area contributed by atoms with E-state index in [0.29, 0.717) is 18.9 Å². The minimum absolute atomic E-state index is 0.000648. The van der Waals surface area contributed by atoms with Gasteiger partial charge in [0.05, 0.1) is 6.54 Å².